The fourth-order valence-corrected chi connectivity index (χ4v) is 4.63. The number of benzene rings is 1. The molecule has 1 aromatic carbocycles. The van der Waals surface area contributed by atoms with E-state index in [0.29, 0.717) is 0 Å². The van der Waals surface area contributed by atoms with Crippen LogP contribution in [0, 0.1) is 0 Å². The van der Waals surface area contributed by atoms with Gasteiger partial charge in [0.15, 0.2) is 5.78 Å². The van der Waals surface area contributed by atoms with Crippen molar-refractivity contribution in [3.8, 4) is 0 Å². The number of carbonyl (C=O) groups is 1. The molecule has 0 N–H and O–H groups in total. The molecule has 0 bridgehead atoms. The van der Waals surface area contributed by atoms with E-state index in [-0.39, 0.29) is 25.4 Å². The van der Waals surface area contributed by atoms with Crippen molar-refractivity contribution in [2.24, 2.45) is 0 Å². The number of Topliss-reactive ketones (excluding diaryl/α,β-unsaturated/α-hetero) is 1. The molecule has 5 nitrogen and oxygen atoms in total. The summed E-state index contributed by atoms with van der Waals surface area (Å²) in [6.07, 6.45) is -0.274. The highest BCUT2D eigenvalue weighted by Gasteiger charge is 2.48. The first-order chi connectivity index (χ1) is 10.0. The van der Waals surface area contributed by atoms with Crippen molar-refractivity contribution in [1.82, 2.24) is 0 Å². The predicted molar refractivity (Wildman–Crippen MR) is 82.2 cm³/mol. The molecule has 0 spiro atoms. The van der Waals surface area contributed by atoms with Crippen molar-refractivity contribution < 1.29 is 23.1 Å². The van der Waals surface area contributed by atoms with Gasteiger partial charge in [-0.2, -0.15) is 0 Å². The Balaban J connectivity index is 2.23. The van der Waals surface area contributed by atoms with Gasteiger partial charge in [-0.1, -0.05) is 34.1 Å². The van der Waals surface area contributed by atoms with Crippen LogP contribution in [0.1, 0.15) is 31.9 Å². The molecule has 0 saturated carbocycles. The minimum Gasteiger partial charge on any atom is -0.350 e. The lowest BCUT2D eigenvalue weighted by molar-refractivity contribution is -0.120. The molecular weight excluding hydrogens is 359 g/mol. The summed E-state index contributed by atoms with van der Waals surface area (Å²) in [5, 5.41) is 0. The molecule has 2 rings (SSSR count). The number of rotatable bonds is 6. The number of halogens is 1. The van der Waals surface area contributed by atoms with Crippen LogP contribution < -0.4 is 0 Å². The average Bonchev–Trinajstić information content (AvgIpc) is 2.82. The first-order valence-electron chi connectivity index (χ1n) is 6.83. The fourth-order valence-electron chi connectivity index (χ4n) is 2.27. The average molecular weight is 377 g/mol. The second-order valence-corrected chi connectivity index (χ2v) is 7.46. The highest BCUT2D eigenvalue weighted by molar-refractivity contribution is 9.10. The van der Waals surface area contributed by atoms with Crippen LogP contribution in [0.5, 0.6) is 0 Å². The molecule has 0 radical (unpaired) electrons. The Kier molecular flexibility index (Phi) is 5.74. The van der Waals surface area contributed by atoms with Crippen LogP contribution in [0.15, 0.2) is 28.7 Å². The maximum absolute atomic E-state index is 12.7. The number of ether oxygens (including phenoxy) is 1. The van der Waals surface area contributed by atoms with Gasteiger partial charge >= 0.3 is 7.60 Å². The van der Waals surface area contributed by atoms with Crippen LogP contribution in [0.2, 0.25) is 0 Å². The molecule has 0 aliphatic carbocycles. The van der Waals surface area contributed by atoms with Gasteiger partial charge in [0, 0.05) is 10.9 Å². The Labute approximate surface area is 132 Å². The van der Waals surface area contributed by atoms with Crippen molar-refractivity contribution in [2.75, 3.05) is 13.2 Å². The number of hydrogen-bond donors (Lipinski definition) is 0. The van der Waals surface area contributed by atoms with Gasteiger partial charge in [-0.05, 0) is 25.5 Å². The lowest BCUT2D eigenvalue weighted by Crippen LogP contribution is -2.19. The van der Waals surface area contributed by atoms with E-state index in [1.54, 1.807) is 13.8 Å². The number of hydrogen-bond acceptors (Lipinski definition) is 5. The third-order valence-corrected chi connectivity index (χ3v) is 6.06. The summed E-state index contributed by atoms with van der Waals surface area (Å²) in [6, 6.07) is 7.50. The van der Waals surface area contributed by atoms with Crippen LogP contribution in [0.4, 0.5) is 0 Å². The summed E-state index contributed by atoms with van der Waals surface area (Å²) in [6.45, 7) is 3.81. The highest BCUT2D eigenvalue weighted by atomic mass is 79.9. The van der Waals surface area contributed by atoms with Gasteiger partial charge in [-0.25, -0.2) is 0 Å². The van der Waals surface area contributed by atoms with Crippen molar-refractivity contribution in [3.05, 3.63) is 34.3 Å². The lowest BCUT2D eigenvalue weighted by atomic mass is 10.1. The van der Waals surface area contributed by atoms with Crippen molar-refractivity contribution in [1.29, 1.82) is 0 Å². The van der Waals surface area contributed by atoms with Crippen molar-refractivity contribution in [2.45, 2.75) is 32.2 Å². The van der Waals surface area contributed by atoms with Gasteiger partial charge in [0.05, 0.1) is 19.3 Å². The highest BCUT2D eigenvalue weighted by Crippen LogP contribution is 2.58. The standard InChI is InChI=1S/C14H18BrO5P/c1-3-18-21(17,19-4-2)14-12(16)9-13(20-14)10-7-5-6-8-11(10)15/h5-8,13-14H,3-4,9H2,1-2H3. The first kappa shape index (κ1) is 16.8. The second kappa shape index (κ2) is 7.16. The summed E-state index contributed by atoms with van der Waals surface area (Å²) in [4.78, 5) is 12.2. The van der Waals surface area contributed by atoms with Gasteiger partial charge in [-0.15, -0.1) is 0 Å². The van der Waals surface area contributed by atoms with Crippen LogP contribution in [-0.4, -0.2) is 24.8 Å². The molecule has 0 amide bonds. The van der Waals surface area contributed by atoms with Crippen LogP contribution in [0.25, 0.3) is 0 Å². The molecule has 0 aromatic heterocycles. The molecule has 116 valence electrons. The molecule has 1 aromatic rings. The molecule has 1 fully saturated rings. The Hall–Kier alpha value is -0.520. The van der Waals surface area contributed by atoms with Crippen LogP contribution in [0.3, 0.4) is 0 Å². The smallest absolute Gasteiger partial charge is 0.350 e. The zero-order valence-electron chi connectivity index (χ0n) is 12.0. The summed E-state index contributed by atoms with van der Waals surface area (Å²) in [7, 11) is -3.58. The maximum Gasteiger partial charge on any atom is 0.366 e. The maximum atomic E-state index is 12.7. The van der Waals surface area contributed by atoms with E-state index in [1.165, 1.54) is 0 Å². The first-order valence-corrected chi connectivity index (χ1v) is 9.23. The summed E-state index contributed by atoms with van der Waals surface area (Å²) >= 11 is 3.44. The minimum absolute atomic E-state index is 0.164. The Morgan fingerprint density at radius 2 is 1.90 bits per heavy atom. The van der Waals surface area contributed by atoms with Gasteiger partial charge in [0.25, 0.3) is 0 Å². The fraction of sp³-hybridized carbons (Fsp3) is 0.500. The minimum atomic E-state index is -3.58. The Morgan fingerprint density at radius 3 is 2.48 bits per heavy atom. The molecule has 2 atom stereocenters. The third kappa shape index (κ3) is 3.63. The van der Waals surface area contributed by atoms with E-state index >= 15 is 0 Å². The molecular formula is C14H18BrO5P. The molecule has 1 heterocycles. The lowest BCUT2D eigenvalue weighted by Gasteiger charge is -2.22. The monoisotopic (exact) mass is 376 g/mol. The van der Waals surface area contributed by atoms with Crippen molar-refractivity contribution in [3.63, 3.8) is 0 Å². The molecule has 1 aliphatic rings. The molecule has 7 heteroatoms. The number of ketones is 1. The van der Waals surface area contributed by atoms with Crippen molar-refractivity contribution >= 4 is 29.3 Å². The van der Waals surface area contributed by atoms with E-state index in [1.807, 2.05) is 24.3 Å². The third-order valence-electron chi connectivity index (χ3n) is 3.11. The Morgan fingerprint density at radius 1 is 1.29 bits per heavy atom. The normalized spacial score (nSPS) is 22.7. The Bertz CT molecular complexity index is 552. The van der Waals surface area contributed by atoms with E-state index in [4.69, 9.17) is 13.8 Å². The molecule has 1 aliphatic heterocycles. The quantitative estimate of drug-likeness (QED) is 0.700. The van der Waals surface area contributed by atoms with Gasteiger partial charge in [0.1, 0.15) is 0 Å². The van der Waals surface area contributed by atoms with E-state index in [0.717, 1.165) is 10.0 Å². The van der Waals surface area contributed by atoms with Gasteiger partial charge in [0.2, 0.25) is 5.85 Å². The van der Waals surface area contributed by atoms with E-state index in [2.05, 4.69) is 15.9 Å². The largest absolute Gasteiger partial charge is 0.366 e. The zero-order valence-corrected chi connectivity index (χ0v) is 14.4. The van der Waals surface area contributed by atoms with E-state index < -0.39 is 19.5 Å². The summed E-state index contributed by atoms with van der Waals surface area (Å²) in [5.41, 5.74) is 0.855. The molecule has 21 heavy (non-hydrogen) atoms. The van der Waals surface area contributed by atoms with E-state index in [9.17, 15) is 9.36 Å². The second-order valence-electron chi connectivity index (χ2n) is 4.54. The molecule has 1 saturated heterocycles. The topological polar surface area (TPSA) is 61.8 Å². The van der Waals surface area contributed by atoms with Crippen LogP contribution >= 0.6 is 23.5 Å². The number of carbonyl (C=O) groups excluding carboxylic acids is 1. The predicted octanol–water partition coefficient (Wildman–Crippen LogP) is 4.07. The van der Waals surface area contributed by atoms with Gasteiger partial charge in [-0.3, -0.25) is 9.36 Å². The zero-order chi connectivity index (χ0) is 15.5. The summed E-state index contributed by atoms with van der Waals surface area (Å²) in [5.74, 6) is -1.39. The van der Waals surface area contributed by atoms with Gasteiger partial charge < -0.3 is 13.8 Å². The summed E-state index contributed by atoms with van der Waals surface area (Å²) < 4.78 is 29.7. The molecule has 2 unspecified atom stereocenters. The van der Waals surface area contributed by atoms with Crippen LogP contribution in [-0.2, 0) is 23.1 Å². The SMILES string of the molecule is CCOP(=O)(OCC)C1OC(c2ccccc2Br)CC1=O.